The summed E-state index contributed by atoms with van der Waals surface area (Å²) in [6, 6.07) is 9.24. The van der Waals surface area contributed by atoms with E-state index < -0.39 is 32.1 Å². The summed E-state index contributed by atoms with van der Waals surface area (Å²) in [6.45, 7) is 6.29. The molecule has 2 aromatic carbocycles. The summed E-state index contributed by atoms with van der Waals surface area (Å²) in [5, 5.41) is -0.682. The van der Waals surface area contributed by atoms with Crippen LogP contribution in [-0.2, 0) is 27.6 Å². The van der Waals surface area contributed by atoms with E-state index in [2.05, 4.69) is 0 Å². The summed E-state index contributed by atoms with van der Waals surface area (Å²) in [5.74, 6) is -0.0593. The van der Waals surface area contributed by atoms with Crippen LogP contribution < -0.4 is 4.18 Å². The molecule has 0 bridgehead atoms. The van der Waals surface area contributed by atoms with Crippen LogP contribution in [0.3, 0.4) is 0 Å². The largest absolute Gasteiger partial charge is 0.416 e. The van der Waals surface area contributed by atoms with Gasteiger partial charge in [-0.05, 0) is 48.7 Å². The van der Waals surface area contributed by atoms with Gasteiger partial charge >= 0.3 is 16.3 Å². The van der Waals surface area contributed by atoms with Crippen molar-refractivity contribution in [3.63, 3.8) is 0 Å². The van der Waals surface area contributed by atoms with E-state index in [1.165, 1.54) is 12.1 Å². The summed E-state index contributed by atoms with van der Waals surface area (Å²) in [4.78, 5) is 13.3. The first-order valence-electron chi connectivity index (χ1n) is 9.43. The van der Waals surface area contributed by atoms with Crippen molar-refractivity contribution in [1.29, 1.82) is 0 Å². The van der Waals surface area contributed by atoms with Crippen molar-refractivity contribution in [3.8, 4) is 5.75 Å². The van der Waals surface area contributed by atoms with E-state index in [1.807, 2.05) is 13.8 Å². The van der Waals surface area contributed by atoms with Crippen LogP contribution in [-0.4, -0.2) is 31.1 Å². The number of halogens is 4. The number of benzene rings is 2. The number of nitrogens with zero attached hydrogens (tertiary/aromatic N) is 1. The quantitative estimate of drug-likeness (QED) is 0.392. The van der Waals surface area contributed by atoms with Crippen molar-refractivity contribution < 1.29 is 30.6 Å². The molecule has 31 heavy (non-hydrogen) atoms. The number of rotatable bonds is 8. The van der Waals surface area contributed by atoms with Gasteiger partial charge in [0.05, 0.1) is 5.56 Å². The minimum absolute atomic E-state index is 0.0615. The third-order valence-electron chi connectivity index (χ3n) is 4.19. The molecule has 0 radical (unpaired) electrons. The Kier molecular flexibility index (Phi) is 7.99. The van der Waals surface area contributed by atoms with Crippen LogP contribution in [0.4, 0.5) is 13.2 Å². The Hall–Kier alpha value is -2.26. The molecule has 0 saturated heterocycles. The third kappa shape index (κ3) is 7.14. The molecular weight excluding hydrogens is 455 g/mol. The molecule has 1 unspecified atom stereocenters. The maximum Gasteiger partial charge on any atom is 0.416 e. The van der Waals surface area contributed by atoms with Gasteiger partial charge in [-0.25, -0.2) is 0 Å². The van der Waals surface area contributed by atoms with Crippen LogP contribution in [0.1, 0.15) is 31.9 Å². The maximum absolute atomic E-state index is 12.8. The Morgan fingerprint density at radius 1 is 1.10 bits per heavy atom. The van der Waals surface area contributed by atoms with Crippen LogP contribution in [0.15, 0.2) is 53.4 Å². The lowest BCUT2D eigenvalue weighted by atomic mass is 10.1. The highest BCUT2D eigenvalue weighted by Gasteiger charge is 2.32. The Bertz CT molecular complexity index is 1010. The number of hydrogen-bond donors (Lipinski definition) is 0. The number of carbonyl (C=O) groups is 1. The van der Waals surface area contributed by atoms with Crippen molar-refractivity contribution in [2.24, 2.45) is 5.92 Å². The van der Waals surface area contributed by atoms with Crippen LogP contribution in [0.5, 0.6) is 5.75 Å². The van der Waals surface area contributed by atoms with Gasteiger partial charge in [-0.1, -0.05) is 32.0 Å². The number of alkyl halides is 4. The zero-order valence-corrected chi connectivity index (χ0v) is 18.8. The highest BCUT2D eigenvalue weighted by atomic mass is 35.5. The SMILES string of the molecule is CC(C)CN(Cc1ccc(OS(=O)(=O)c2cccc(C(F)(F)F)c2)cc1)C(=O)C(C)Cl. The van der Waals surface area contributed by atoms with Crippen molar-refractivity contribution >= 4 is 27.6 Å². The number of carbonyl (C=O) groups excluding carboxylic acids is 1. The van der Waals surface area contributed by atoms with Crippen LogP contribution in [0.25, 0.3) is 0 Å². The molecule has 0 N–H and O–H groups in total. The molecule has 0 saturated carbocycles. The Balaban J connectivity index is 2.17. The maximum atomic E-state index is 12.8. The van der Waals surface area contributed by atoms with Gasteiger partial charge in [0.2, 0.25) is 5.91 Å². The Morgan fingerprint density at radius 3 is 2.23 bits per heavy atom. The van der Waals surface area contributed by atoms with Crippen LogP contribution in [0.2, 0.25) is 0 Å². The predicted molar refractivity (Wildman–Crippen MR) is 111 cm³/mol. The molecule has 2 rings (SSSR count). The first kappa shape index (κ1) is 25.0. The normalized spacial score (nSPS) is 13.2. The fourth-order valence-electron chi connectivity index (χ4n) is 2.80. The van der Waals surface area contributed by atoms with Crippen molar-refractivity contribution in [1.82, 2.24) is 4.90 Å². The van der Waals surface area contributed by atoms with Gasteiger partial charge in [-0.3, -0.25) is 4.79 Å². The molecule has 0 aliphatic carbocycles. The topological polar surface area (TPSA) is 63.7 Å². The summed E-state index contributed by atoms with van der Waals surface area (Å²) in [7, 11) is -4.45. The highest BCUT2D eigenvalue weighted by Crippen LogP contribution is 2.31. The van der Waals surface area contributed by atoms with E-state index in [-0.39, 0.29) is 24.1 Å². The van der Waals surface area contributed by atoms with Crippen molar-refractivity contribution in [3.05, 3.63) is 59.7 Å². The molecular formula is C21H23ClF3NO4S. The standard InChI is InChI=1S/C21H23ClF3NO4S/c1-14(2)12-26(20(27)15(3)22)13-16-7-9-18(10-8-16)30-31(28,29)19-6-4-5-17(11-19)21(23,24)25/h4-11,14-15H,12-13H2,1-3H3. The summed E-state index contributed by atoms with van der Waals surface area (Å²) in [5.41, 5.74) is -0.369. The number of hydrogen-bond acceptors (Lipinski definition) is 4. The molecule has 10 heteroatoms. The minimum atomic E-state index is -4.67. The molecule has 2 aromatic rings. The molecule has 0 aromatic heterocycles. The van der Waals surface area contributed by atoms with E-state index in [0.717, 1.165) is 23.8 Å². The second-order valence-electron chi connectivity index (χ2n) is 7.44. The monoisotopic (exact) mass is 477 g/mol. The molecule has 0 aliphatic heterocycles. The fraction of sp³-hybridized carbons (Fsp3) is 0.381. The molecule has 0 fully saturated rings. The Morgan fingerprint density at radius 2 is 1.71 bits per heavy atom. The van der Waals surface area contributed by atoms with Crippen LogP contribution in [0, 0.1) is 5.92 Å². The van der Waals surface area contributed by atoms with Gasteiger partial charge in [0.15, 0.2) is 0 Å². The molecule has 1 amide bonds. The van der Waals surface area contributed by atoms with Gasteiger partial charge in [-0.15, -0.1) is 11.6 Å². The van der Waals surface area contributed by atoms with E-state index in [0.29, 0.717) is 12.6 Å². The zero-order valence-electron chi connectivity index (χ0n) is 17.2. The van der Waals surface area contributed by atoms with E-state index in [1.54, 1.807) is 24.0 Å². The fourth-order valence-corrected chi connectivity index (χ4v) is 3.91. The lowest BCUT2D eigenvalue weighted by molar-refractivity contribution is -0.137. The van der Waals surface area contributed by atoms with Crippen LogP contribution >= 0.6 is 11.6 Å². The minimum Gasteiger partial charge on any atom is -0.379 e. The lowest BCUT2D eigenvalue weighted by Crippen LogP contribution is -2.37. The summed E-state index contributed by atoms with van der Waals surface area (Å²) < 4.78 is 68.2. The second kappa shape index (κ2) is 9.91. The first-order chi connectivity index (χ1) is 14.3. The van der Waals surface area contributed by atoms with Gasteiger partial charge < -0.3 is 9.08 Å². The second-order valence-corrected chi connectivity index (χ2v) is 9.64. The smallest absolute Gasteiger partial charge is 0.379 e. The number of amides is 1. The van der Waals surface area contributed by atoms with E-state index in [4.69, 9.17) is 15.8 Å². The highest BCUT2D eigenvalue weighted by molar-refractivity contribution is 7.87. The summed E-state index contributed by atoms with van der Waals surface area (Å²) >= 11 is 5.92. The lowest BCUT2D eigenvalue weighted by Gasteiger charge is -2.26. The predicted octanol–water partition coefficient (Wildman–Crippen LogP) is 5.09. The third-order valence-corrected chi connectivity index (χ3v) is 5.62. The van der Waals surface area contributed by atoms with Gasteiger partial charge in [-0.2, -0.15) is 21.6 Å². The first-order valence-corrected chi connectivity index (χ1v) is 11.3. The molecule has 0 heterocycles. The molecule has 1 atom stereocenters. The average molecular weight is 478 g/mol. The van der Waals surface area contributed by atoms with Gasteiger partial charge in [0.1, 0.15) is 16.0 Å². The summed E-state index contributed by atoms with van der Waals surface area (Å²) in [6.07, 6.45) is -4.67. The average Bonchev–Trinajstić information content (AvgIpc) is 2.67. The van der Waals surface area contributed by atoms with Gasteiger partial charge in [0, 0.05) is 13.1 Å². The molecule has 0 spiro atoms. The molecule has 170 valence electrons. The van der Waals surface area contributed by atoms with Gasteiger partial charge in [0.25, 0.3) is 0 Å². The van der Waals surface area contributed by atoms with E-state index in [9.17, 15) is 26.4 Å². The Labute approximate surface area is 184 Å². The van der Waals surface area contributed by atoms with Crippen molar-refractivity contribution in [2.45, 2.75) is 43.8 Å². The van der Waals surface area contributed by atoms with Crippen molar-refractivity contribution in [2.75, 3.05) is 6.54 Å². The zero-order chi connectivity index (χ0) is 23.4. The van der Waals surface area contributed by atoms with E-state index >= 15 is 0 Å². The molecule has 0 aliphatic rings. The molecule has 5 nitrogen and oxygen atoms in total.